The Labute approximate surface area is 149 Å². The molecule has 0 amide bonds. The van der Waals surface area contributed by atoms with Crippen LogP contribution in [0.5, 0.6) is 0 Å². The number of aliphatic hydroxyl groups is 1. The number of aliphatic carboxylic acids is 1. The molecule has 25 heavy (non-hydrogen) atoms. The van der Waals surface area contributed by atoms with Crippen LogP contribution in [0.25, 0.3) is 0 Å². The molecule has 0 aliphatic heterocycles. The minimum Gasteiger partial charge on any atom is -0.481 e. The van der Waals surface area contributed by atoms with Crippen molar-refractivity contribution in [2.45, 2.75) is 52.6 Å². The molecule has 0 aromatic heterocycles. The summed E-state index contributed by atoms with van der Waals surface area (Å²) in [4.78, 5) is 23.7. The molecule has 8 unspecified atom stereocenters. The van der Waals surface area contributed by atoms with E-state index in [1.807, 2.05) is 6.08 Å². The lowest BCUT2D eigenvalue weighted by Gasteiger charge is -2.58. The summed E-state index contributed by atoms with van der Waals surface area (Å²) in [6.45, 7) is 6.30. The van der Waals surface area contributed by atoms with Gasteiger partial charge in [-0.25, -0.2) is 0 Å². The van der Waals surface area contributed by atoms with Crippen LogP contribution in [0.1, 0.15) is 46.5 Å². The molecule has 0 heterocycles. The van der Waals surface area contributed by atoms with Crippen LogP contribution < -0.4 is 0 Å². The van der Waals surface area contributed by atoms with Crippen molar-refractivity contribution in [3.05, 3.63) is 23.8 Å². The van der Waals surface area contributed by atoms with E-state index in [1.165, 1.54) is 0 Å². The fourth-order valence-corrected chi connectivity index (χ4v) is 7.22. The highest BCUT2D eigenvalue weighted by molar-refractivity contribution is 6.01. The highest BCUT2D eigenvalue weighted by Gasteiger charge is 2.64. The number of carbonyl (C=O) groups is 2. The fraction of sp³-hybridized carbons (Fsp3) is 0.714. The van der Waals surface area contributed by atoms with Crippen LogP contribution in [-0.2, 0) is 9.59 Å². The second kappa shape index (κ2) is 5.29. The Bertz CT molecular complexity index is 692. The number of carbonyl (C=O) groups excluding carboxylic acids is 1. The normalized spacial score (nSPS) is 51.4. The van der Waals surface area contributed by atoms with Crippen molar-refractivity contribution in [2.24, 2.45) is 40.4 Å². The smallest absolute Gasteiger partial charge is 0.307 e. The highest BCUT2D eigenvalue weighted by atomic mass is 16.4. The number of aliphatic hydroxyl groups excluding tert-OH is 1. The molecule has 0 aromatic rings. The van der Waals surface area contributed by atoms with E-state index >= 15 is 0 Å². The SMILES string of the molecule is CC1CC2C3CCC4=CC(=O)C=CC4(C)C3C(O)CC2(C)C1C(=O)O. The zero-order valence-corrected chi connectivity index (χ0v) is 15.2. The molecule has 0 radical (unpaired) electrons. The number of hydrogen-bond donors (Lipinski definition) is 2. The molecule has 4 nitrogen and oxygen atoms in total. The Hall–Kier alpha value is -1.42. The molecule has 4 aliphatic carbocycles. The Morgan fingerprint density at radius 2 is 2.04 bits per heavy atom. The third-order valence-electron chi connectivity index (χ3n) is 8.10. The third kappa shape index (κ3) is 2.16. The van der Waals surface area contributed by atoms with E-state index in [4.69, 9.17) is 0 Å². The highest BCUT2D eigenvalue weighted by Crippen LogP contribution is 2.67. The van der Waals surface area contributed by atoms with Crippen molar-refractivity contribution in [1.82, 2.24) is 0 Å². The second-order valence-electron chi connectivity index (χ2n) is 9.33. The minimum absolute atomic E-state index is 0.0430. The van der Waals surface area contributed by atoms with E-state index in [0.717, 1.165) is 24.8 Å². The molecular formula is C21H28O4. The maximum absolute atomic E-state index is 11.9. The first-order valence-electron chi connectivity index (χ1n) is 9.53. The predicted molar refractivity (Wildman–Crippen MR) is 93.7 cm³/mol. The molecule has 4 aliphatic rings. The Morgan fingerprint density at radius 3 is 2.72 bits per heavy atom. The number of carboxylic acid groups (broad SMARTS) is 1. The van der Waals surface area contributed by atoms with Gasteiger partial charge in [0, 0.05) is 11.3 Å². The minimum atomic E-state index is -0.714. The third-order valence-corrected chi connectivity index (χ3v) is 8.10. The maximum Gasteiger partial charge on any atom is 0.307 e. The predicted octanol–water partition coefficient (Wildman–Crippen LogP) is 3.21. The van der Waals surface area contributed by atoms with Crippen LogP contribution in [0, 0.1) is 40.4 Å². The van der Waals surface area contributed by atoms with Crippen molar-refractivity contribution >= 4 is 11.8 Å². The molecule has 4 rings (SSSR count). The molecule has 3 saturated carbocycles. The first kappa shape index (κ1) is 17.0. The van der Waals surface area contributed by atoms with Crippen LogP contribution >= 0.6 is 0 Å². The van der Waals surface area contributed by atoms with Gasteiger partial charge in [0.2, 0.25) is 0 Å². The first-order valence-corrected chi connectivity index (χ1v) is 9.53. The molecule has 3 fully saturated rings. The Balaban J connectivity index is 1.76. The number of rotatable bonds is 1. The molecule has 0 spiro atoms. The van der Waals surface area contributed by atoms with Gasteiger partial charge in [-0.15, -0.1) is 0 Å². The van der Waals surface area contributed by atoms with Gasteiger partial charge in [-0.2, -0.15) is 0 Å². The molecule has 8 atom stereocenters. The van der Waals surface area contributed by atoms with Crippen molar-refractivity contribution in [3.63, 3.8) is 0 Å². The topological polar surface area (TPSA) is 74.6 Å². The number of hydrogen-bond acceptors (Lipinski definition) is 3. The van der Waals surface area contributed by atoms with Crippen LogP contribution in [0.15, 0.2) is 23.8 Å². The average molecular weight is 344 g/mol. The van der Waals surface area contributed by atoms with E-state index in [0.29, 0.717) is 18.3 Å². The van der Waals surface area contributed by atoms with Gasteiger partial charge < -0.3 is 10.2 Å². The van der Waals surface area contributed by atoms with E-state index in [-0.39, 0.29) is 34.4 Å². The molecular weight excluding hydrogens is 316 g/mol. The summed E-state index contributed by atoms with van der Waals surface area (Å²) in [5.41, 5.74) is 0.532. The van der Waals surface area contributed by atoms with Crippen molar-refractivity contribution in [2.75, 3.05) is 0 Å². The van der Waals surface area contributed by atoms with Crippen molar-refractivity contribution in [3.8, 4) is 0 Å². The summed E-state index contributed by atoms with van der Waals surface area (Å²) >= 11 is 0. The average Bonchev–Trinajstić information content (AvgIpc) is 2.77. The van der Waals surface area contributed by atoms with Crippen LogP contribution in [0.3, 0.4) is 0 Å². The molecule has 0 bridgehead atoms. The number of ketones is 1. The standard InChI is InChI=1S/C21H28O4/c1-11-8-15-14-5-4-12-9-13(22)6-7-20(12,2)18(14)16(23)10-21(15,3)17(11)19(24)25/h6-7,9,11,14-18,23H,4-5,8,10H2,1-3H3,(H,24,25). The number of allylic oxidation sites excluding steroid dienone is 4. The molecule has 0 saturated heterocycles. The summed E-state index contributed by atoms with van der Waals surface area (Å²) < 4.78 is 0. The van der Waals surface area contributed by atoms with Crippen LogP contribution in [-0.4, -0.2) is 28.1 Å². The molecule has 4 heteroatoms. The summed E-state index contributed by atoms with van der Waals surface area (Å²) in [6.07, 6.45) is 8.18. The zero-order chi connectivity index (χ0) is 18.1. The molecule has 136 valence electrons. The quantitative estimate of drug-likeness (QED) is 0.766. The van der Waals surface area contributed by atoms with E-state index in [1.54, 1.807) is 12.2 Å². The van der Waals surface area contributed by atoms with Crippen molar-refractivity contribution in [1.29, 1.82) is 0 Å². The van der Waals surface area contributed by atoms with Gasteiger partial charge in [-0.3, -0.25) is 9.59 Å². The maximum atomic E-state index is 11.9. The van der Waals surface area contributed by atoms with Gasteiger partial charge in [0.1, 0.15) is 0 Å². The van der Waals surface area contributed by atoms with Gasteiger partial charge in [0.25, 0.3) is 0 Å². The Morgan fingerprint density at radius 1 is 1.32 bits per heavy atom. The van der Waals surface area contributed by atoms with Crippen molar-refractivity contribution < 1.29 is 19.8 Å². The fourth-order valence-electron chi connectivity index (χ4n) is 7.22. The number of carboxylic acids is 1. The van der Waals surface area contributed by atoms with Gasteiger partial charge >= 0.3 is 5.97 Å². The summed E-state index contributed by atoms with van der Waals surface area (Å²) in [7, 11) is 0. The Kier molecular flexibility index (Phi) is 3.60. The van der Waals surface area contributed by atoms with Gasteiger partial charge in [0.15, 0.2) is 5.78 Å². The lowest BCUT2D eigenvalue weighted by molar-refractivity contribution is -0.156. The van der Waals surface area contributed by atoms with E-state index in [9.17, 15) is 19.8 Å². The summed E-state index contributed by atoms with van der Waals surface area (Å²) in [6, 6.07) is 0. The largest absolute Gasteiger partial charge is 0.481 e. The van der Waals surface area contributed by atoms with Gasteiger partial charge in [0.05, 0.1) is 12.0 Å². The summed E-state index contributed by atoms with van der Waals surface area (Å²) in [5, 5.41) is 20.9. The second-order valence-corrected chi connectivity index (χ2v) is 9.33. The van der Waals surface area contributed by atoms with Gasteiger partial charge in [-0.1, -0.05) is 32.4 Å². The lowest BCUT2D eigenvalue weighted by Crippen LogP contribution is -2.56. The van der Waals surface area contributed by atoms with Crippen LogP contribution in [0.2, 0.25) is 0 Å². The van der Waals surface area contributed by atoms with Gasteiger partial charge in [-0.05, 0) is 61.0 Å². The van der Waals surface area contributed by atoms with E-state index < -0.39 is 12.1 Å². The molecule has 0 aromatic carbocycles. The lowest BCUT2D eigenvalue weighted by atomic mass is 9.47. The van der Waals surface area contributed by atoms with Crippen LogP contribution in [0.4, 0.5) is 0 Å². The monoisotopic (exact) mass is 344 g/mol. The summed E-state index contributed by atoms with van der Waals surface area (Å²) in [5.74, 6) is -0.167. The zero-order valence-electron chi connectivity index (χ0n) is 15.2. The van der Waals surface area contributed by atoms with E-state index in [2.05, 4.69) is 20.8 Å². The first-order chi connectivity index (χ1) is 11.7. The number of fused-ring (bicyclic) bond motifs is 5. The molecule has 2 N–H and O–H groups in total.